The summed E-state index contributed by atoms with van der Waals surface area (Å²) in [6.45, 7) is 0.726. The third-order valence-electron chi connectivity index (χ3n) is 3.90. The number of hydrogen-bond donors (Lipinski definition) is 0. The first kappa shape index (κ1) is 12.3. The van der Waals surface area contributed by atoms with Gasteiger partial charge in [0.2, 0.25) is 0 Å². The van der Waals surface area contributed by atoms with E-state index in [-0.39, 0.29) is 12.4 Å². The van der Waals surface area contributed by atoms with Crippen molar-refractivity contribution < 1.29 is 13.6 Å². The van der Waals surface area contributed by atoms with Gasteiger partial charge in [-0.05, 0) is 10.4 Å². The van der Waals surface area contributed by atoms with Crippen molar-refractivity contribution in [3.05, 3.63) is 60.7 Å². The molecule has 0 N–H and O–H groups in total. The number of rotatable bonds is 2. The summed E-state index contributed by atoms with van der Waals surface area (Å²) in [4.78, 5) is 0. The van der Waals surface area contributed by atoms with Crippen LogP contribution in [0.2, 0.25) is 0 Å². The third kappa shape index (κ3) is 1.84. The van der Waals surface area contributed by atoms with Crippen LogP contribution in [0.15, 0.2) is 60.7 Å². The van der Waals surface area contributed by atoms with E-state index in [1.165, 1.54) is 0 Å². The highest BCUT2D eigenvalue weighted by Crippen LogP contribution is 2.31. The molecule has 2 aliphatic heterocycles. The van der Waals surface area contributed by atoms with Gasteiger partial charge < -0.3 is 13.6 Å². The second kappa shape index (κ2) is 4.82. The summed E-state index contributed by atoms with van der Waals surface area (Å²) in [7, 11) is -2.61. The molecule has 0 aromatic heterocycles. The van der Waals surface area contributed by atoms with Crippen molar-refractivity contribution in [2.45, 2.75) is 18.8 Å². The highest BCUT2D eigenvalue weighted by Gasteiger charge is 2.56. The van der Waals surface area contributed by atoms with Gasteiger partial charge in [-0.2, -0.15) is 0 Å². The van der Waals surface area contributed by atoms with Gasteiger partial charge in [0.25, 0.3) is 0 Å². The van der Waals surface area contributed by atoms with E-state index < -0.39 is 8.56 Å². The van der Waals surface area contributed by atoms with Crippen LogP contribution < -0.4 is 10.4 Å². The fraction of sp³-hybridized carbons (Fsp3) is 0.250. The van der Waals surface area contributed by atoms with Crippen LogP contribution in [0, 0.1) is 0 Å². The minimum atomic E-state index is -2.61. The second-order valence-corrected chi connectivity index (χ2v) is 8.01. The molecule has 20 heavy (non-hydrogen) atoms. The van der Waals surface area contributed by atoms with Crippen molar-refractivity contribution in [2.24, 2.45) is 0 Å². The van der Waals surface area contributed by atoms with Crippen molar-refractivity contribution in [2.75, 3.05) is 6.61 Å². The predicted octanol–water partition coefficient (Wildman–Crippen LogP) is 1.40. The molecule has 0 spiro atoms. The highest BCUT2D eigenvalue weighted by molar-refractivity contribution is 6.93. The Balaban J connectivity index is 1.82. The molecule has 4 heteroatoms. The molecule has 2 aromatic carbocycles. The summed E-state index contributed by atoms with van der Waals surface area (Å²) in [5, 5.41) is 2.29. The first-order valence-corrected chi connectivity index (χ1v) is 8.78. The highest BCUT2D eigenvalue weighted by atomic mass is 28.4. The third-order valence-corrected chi connectivity index (χ3v) is 7.28. The Hall–Kier alpha value is -1.46. The molecule has 102 valence electrons. The zero-order valence-electron chi connectivity index (χ0n) is 11.1. The Bertz CT molecular complexity index is 534. The largest absolute Gasteiger partial charge is 0.409 e. The first-order chi connectivity index (χ1) is 9.88. The van der Waals surface area contributed by atoms with Crippen molar-refractivity contribution in [3.8, 4) is 0 Å². The molecule has 2 aliphatic rings. The van der Waals surface area contributed by atoms with Crippen LogP contribution in [0.1, 0.15) is 6.42 Å². The van der Waals surface area contributed by atoms with E-state index in [0.29, 0.717) is 0 Å². The van der Waals surface area contributed by atoms with E-state index in [1.54, 1.807) is 0 Å². The Morgan fingerprint density at radius 3 is 1.95 bits per heavy atom. The van der Waals surface area contributed by atoms with Crippen molar-refractivity contribution in [3.63, 3.8) is 0 Å². The Kier molecular flexibility index (Phi) is 2.96. The number of hydrogen-bond acceptors (Lipinski definition) is 3. The van der Waals surface area contributed by atoms with Crippen molar-refractivity contribution >= 4 is 18.9 Å². The predicted molar refractivity (Wildman–Crippen MR) is 78.2 cm³/mol. The molecular formula is C16H16O3Si. The first-order valence-electron chi connectivity index (χ1n) is 6.97. The van der Waals surface area contributed by atoms with Gasteiger partial charge in [-0.15, -0.1) is 0 Å². The molecule has 4 rings (SSSR count). The lowest BCUT2D eigenvalue weighted by atomic mass is 10.3. The molecule has 2 atom stereocenters. The van der Waals surface area contributed by atoms with Gasteiger partial charge in [0.05, 0.1) is 6.61 Å². The molecule has 0 unspecified atom stereocenters. The van der Waals surface area contributed by atoms with Crippen molar-refractivity contribution in [1.82, 2.24) is 0 Å². The molecule has 0 radical (unpaired) electrons. The molecule has 2 fully saturated rings. The quantitative estimate of drug-likeness (QED) is 0.780. The van der Waals surface area contributed by atoms with Crippen LogP contribution in [-0.2, 0) is 13.6 Å². The molecule has 0 bridgehead atoms. The lowest BCUT2D eigenvalue weighted by molar-refractivity contribution is -0.0414. The van der Waals surface area contributed by atoms with Gasteiger partial charge in [-0.3, -0.25) is 0 Å². The lowest BCUT2D eigenvalue weighted by Gasteiger charge is -2.25. The smallest absolute Gasteiger partial charge is 0.379 e. The number of benzene rings is 2. The van der Waals surface area contributed by atoms with E-state index in [0.717, 1.165) is 23.4 Å². The van der Waals surface area contributed by atoms with Gasteiger partial charge in [0.1, 0.15) is 6.10 Å². The van der Waals surface area contributed by atoms with Crippen LogP contribution >= 0.6 is 0 Å². The standard InChI is InChI=1S/C16H16O3Si/c1-3-7-13(8-4-1)20(14-9-5-2-6-10-14)18-15-11-12-17-16(15)19-20/h1-10,15-16H,11-12H2/t15-,16-/m1/s1. The zero-order valence-corrected chi connectivity index (χ0v) is 12.1. The summed E-state index contributed by atoms with van der Waals surface area (Å²) in [6.07, 6.45) is 0.781. The SMILES string of the molecule is c1ccc([Si]2(c3ccccc3)O[C@H]3OCC[C@H]3O2)cc1. The van der Waals surface area contributed by atoms with Crippen LogP contribution in [0.25, 0.3) is 0 Å². The summed E-state index contributed by atoms with van der Waals surface area (Å²) in [5.74, 6) is 0. The lowest BCUT2D eigenvalue weighted by Crippen LogP contribution is -2.61. The second-order valence-electron chi connectivity index (χ2n) is 5.15. The minimum Gasteiger partial charge on any atom is -0.379 e. The Labute approximate surface area is 119 Å². The van der Waals surface area contributed by atoms with Crippen LogP contribution in [-0.4, -0.2) is 27.6 Å². The van der Waals surface area contributed by atoms with E-state index in [4.69, 9.17) is 13.6 Å². The van der Waals surface area contributed by atoms with E-state index >= 15 is 0 Å². The maximum Gasteiger partial charge on any atom is 0.409 e. The van der Waals surface area contributed by atoms with Gasteiger partial charge in [-0.1, -0.05) is 60.7 Å². The van der Waals surface area contributed by atoms with Gasteiger partial charge >= 0.3 is 8.56 Å². The molecule has 2 heterocycles. The average Bonchev–Trinajstić information content (AvgIpc) is 3.09. The monoisotopic (exact) mass is 284 g/mol. The number of ether oxygens (including phenoxy) is 1. The summed E-state index contributed by atoms with van der Waals surface area (Å²) < 4.78 is 18.4. The Morgan fingerprint density at radius 1 is 0.800 bits per heavy atom. The van der Waals surface area contributed by atoms with Crippen LogP contribution in [0.4, 0.5) is 0 Å². The van der Waals surface area contributed by atoms with Crippen LogP contribution in [0.5, 0.6) is 0 Å². The van der Waals surface area contributed by atoms with Crippen LogP contribution in [0.3, 0.4) is 0 Å². The average molecular weight is 284 g/mol. The molecule has 0 amide bonds. The molecule has 0 aliphatic carbocycles. The minimum absolute atomic E-state index is 0.0714. The summed E-state index contributed by atoms with van der Waals surface area (Å²) in [5.41, 5.74) is 0. The normalized spacial score (nSPS) is 27.4. The Morgan fingerprint density at radius 2 is 1.40 bits per heavy atom. The van der Waals surface area contributed by atoms with Crippen molar-refractivity contribution in [1.29, 1.82) is 0 Å². The molecule has 2 saturated heterocycles. The molecule has 0 saturated carbocycles. The molecule has 2 aromatic rings. The van der Waals surface area contributed by atoms with Gasteiger partial charge in [-0.25, -0.2) is 0 Å². The number of fused-ring (bicyclic) bond motifs is 1. The topological polar surface area (TPSA) is 27.7 Å². The fourth-order valence-electron chi connectivity index (χ4n) is 2.93. The maximum atomic E-state index is 6.44. The van der Waals surface area contributed by atoms with Gasteiger partial charge in [0.15, 0.2) is 6.29 Å². The van der Waals surface area contributed by atoms with E-state index in [9.17, 15) is 0 Å². The fourth-order valence-corrected chi connectivity index (χ4v) is 6.32. The molecule has 3 nitrogen and oxygen atoms in total. The maximum absolute atomic E-state index is 6.44. The molecular weight excluding hydrogens is 268 g/mol. The zero-order chi connectivity index (χ0) is 13.4. The summed E-state index contributed by atoms with van der Waals surface area (Å²) >= 11 is 0. The van der Waals surface area contributed by atoms with E-state index in [1.807, 2.05) is 36.4 Å². The van der Waals surface area contributed by atoms with E-state index in [2.05, 4.69) is 24.3 Å². The van der Waals surface area contributed by atoms with Gasteiger partial charge in [0, 0.05) is 6.42 Å². The summed E-state index contributed by atoms with van der Waals surface area (Å²) in [6, 6.07) is 20.6.